The lowest BCUT2D eigenvalue weighted by Gasteiger charge is -2.32. The van der Waals surface area contributed by atoms with Gasteiger partial charge >= 0.3 is 0 Å². The first kappa shape index (κ1) is 16.0. The van der Waals surface area contributed by atoms with Gasteiger partial charge in [-0.15, -0.1) is 0 Å². The monoisotopic (exact) mass is 315 g/mol. The molecule has 1 amide bonds. The van der Waals surface area contributed by atoms with Crippen LogP contribution in [0.15, 0.2) is 91.0 Å². The van der Waals surface area contributed by atoms with Crippen molar-refractivity contribution in [2.75, 3.05) is 4.90 Å². The van der Waals surface area contributed by atoms with Crippen LogP contribution in [-0.2, 0) is 0 Å². The lowest BCUT2D eigenvalue weighted by molar-refractivity contribution is 0.0975. The van der Waals surface area contributed by atoms with Gasteiger partial charge in [-0.05, 0) is 36.2 Å². The zero-order chi connectivity index (χ0) is 16.8. The molecule has 0 saturated carbocycles. The molecule has 0 aliphatic heterocycles. The maximum Gasteiger partial charge on any atom is 0.258 e. The molecule has 0 spiro atoms. The number of para-hydroxylation sites is 1. The Hall–Kier alpha value is -2.87. The molecule has 0 aliphatic rings. The Kier molecular flexibility index (Phi) is 5.07. The summed E-state index contributed by atoms with van der Waals surface area (Å²) in [4.78, 5) is 15.2. The lowest BCUT2D eigenvalue weighted by Crippen LogP contribution is -2.34. The molecule has 2 heteroatoms. The predicted octanol–water partition coefficient (Wildman–Crippen LogP) is 5.48. The summed E-state index contributed by atoms with van der Waals surface area (Å²) >= 11 is 0. The van der Waals surface area contributed by atoms with E-state index < -0.39 is 0 Å². The van der Waals surface area contributed by atoms with Gasteiger partial charge in [0.05, 0.1) is 6.04 Å². The highest BCUT2D eigenvalue weighted by Crippen LogP contribution is 2.31. The summed E-state index contributed by atoms with van der Waals surface area (Å²) in [6.07, 6.45) is 0.845. The normalized spacial score (nSPS) is 11.7. The van der Waals surface area contributed by atoms with Gasteiger partial charge in [0.25, 0.3) is 5.91 Å². The Balaban J connectivity index is 2.07. The number of benzene rings is 3. The largest absolute Gasteiger partial charge is 0.301 e. The van der Waals surface area contributed by atoms with Gasteiger partial charge in [-0.3, -0.25) is 4.79 Å². The van der Waals surface area contributed by atoms with Crippen molar-refractivity contribution >= 4 is 11.6 Å². The van der Waals surface area contributed by atoms with Crippen LogP contribution in [0.4, 0.5) is 5.69 Å². The molecule has 0 heterocycles. The van der Waals surface area contributed by atoms with Crippen LogP contribution in [0.2, 0.25) is 0 Å². The quantitative estimate of drug-likeness (QED) is 0.610. The number of hydrogen-bond acceptors (Lipinski definition) is 1. The van der Waals surface area contributed by atoms with Crippen molar-refractivity contribution in [3.05, 3.63) is 102 Å². The van der Waals surface area contributed by atoms with Gasteiger partial charge < -0.3 is 4.90 Å². The summed E-state index contributed by atoms with van der Waals surface area (Å²) in [6.45, 7) is 2.12. The number of carbonyl (C=O) groups excluding carboxylic acids is 1. The van der Waals surface area contributed by atoms with Crippen molar-refractivity contribution in [3.8, 4) is 0 Å². The molecule has 2 nitrogen and oxygen atoms in total. The molecule has 1 unspecified atom stereocenters. The van der Waals surface area contributed by atoms with Gasteiger partial charge in [-0.2, -0.15) is 0 Å². The van der Waals surface area contributed by atoms with E-state index in [0.717, 1.165) is 17.7 Å². The molecule has 0 aromatic heterocycles. The molecule has 0 fully saturated rings. The third kappa shape index (κ3) is 3.38. The van der Waals surface area contributed by atoms with Crippen molar-refractivity contribution in [3.63, 3.8) is 0 Å². The van der Waals surface area contributed by atoms with E-state index in [4.69, 9.17) is 0 Å². The minimum Gasteiger partial charge on any atom is -0.301 e. The fourth-order valence-corrected chi connectivity index (χ4v) is 2.99. The Morgan fingerprint density at radius 2 is 1.29 bits per heavy atom. The molecule has 120 valence electrons. The summed E-state index contributed by atoms with van der Waals surface area (Å²) in [7, 11) is 0. The van der Waals surface area contributed by atoms with Gasteiger partial charge in [0.1, 0.15) is 0 Å². The Bertz CT molecular complexity index is 769. The van der Waals surface area contributed by atoms with E-state index in [-0.39, 0.29) is 11.9 Å². The van der Waals surface area contributed by atoms with Crippen molar-refractivity contribution < 1.29 is 4.79 Å². The number of nitrogens with zero attached hydrogens (tertiary/aromatic N) is 1. The topological polar surface area (TPSA) is 20.3 Å². The van der Waals surface area contributed by atoms with E-state index in [1.165, 1.54) is 0 Å². The second-order valence-corrected chi connectivity index (χ2v) is 5.71. The third-order valence-corrected chi connectivity index (χ3v) is 4.16. The van der Waals surface area contributed by atoms with Gasteiger partial charge in [0.2, 0.25) is 0 Å². The molecule has 0 radical (unpaired) electrons. The maximum atomic E-state index is 13.2. The molecular formula is C22H21NO. The molecule has 1 atom stereocenters. The highest BCUT2D eigenvalue weighted by atomic mass is 16.2. The van der Waals surface area contributed by atoms with Gasteiger partial charge in [-0.1, -0.05) is 73.7 Å². The fraction of sp³-hybridized carbons (Fsp3) is 0.136. The summed E-state index contributed by atoms with van der Waals surface area (Å²) < 4.78 is 0. The van der Waals surface area contributed by atoms with Crippen LogP contribution in [0, 0.1) is 0 Å². The summed E-state index contributed by atoms with van der Waals surface area (Å²) in [5.74, 6) is 0.0255. The zero-order valence-electron chi connectivity index (χ0n) is 13.8. The lowest BCUT2D eigenvalue weighted by atomic mass is 10.0. The Morgan fingerprint density at radius 3 is 1.83 bits per heavy atom. The number of carbonyl (C=O) groups is 1. The van der Waals surface area contributed by atoms with E-state index in [9.17, 15) is 4.79 Å². The first-order valence-corrected chi connectivity index (χ1v) is 8.30. The highest BCUT2D eigenvalue weighted by Gasteiger charge is 2.26. The number of anilines is 1. The minimum absolute atomic E-state index is 0.00121. The van der Waals surface area contributed by atoms with E-state index in [0.29, 0.717) is 5.56 Å². The highest BCUT2D eigenvalue weighted by molar-refractivity contribution is 6.06. The maximum absolute atomic E-state index is 13.2. The van der Waals surface area contributed by atoms with Crippen LogP contribution in [0.5, 0.6) is 0 Å². The van der Waals surface area contributed by atoms with Crippen molar-refractivity contribution in [1.29, 1.82) is 0 Å². The Labute approximate surface area is 143 Å². The van der Waals surface area contributed by atoms with Crippen molar-refractivity contribution in [2.45, 2.75) is 19.4 Å². The minimum atomic E-state index is 0.00121. The number of hydrogen-bond donors (Lipinski definition) is 0. The first-order chi connectivity index (χ1) is 11.8. The third-order valence-electron chi connectivity index (χ3n) is 4.16. The van der Waals surface area contributed by atoms with Crippen molar-refractivity contribution in [2.24, 2.45) is 0 Å². The molecule has 0 saturated heterocycles. The summed E-state index contributed by atoms with van der Waals surface area (Å²) in [5.41, 5.74) is 2.77. The summed E-state index contributed by atoms with van der Waals surface area (Å²) in [5, 5.41) is 0. The van der Waals surface area contributed by atoms with Crippen LogP contribution < -0.4 is 4.90 Å². The molecule has 0 N–H and O–H groups in total. The van der Waals surface area contributed by atoms with Crippen LogP contribution in [0.3, 0.4) is 0 Å². The predicted molar refractivity (Wildman–Crippen MR) is 99.2 cm³/mol. The van der Waals surface area contributed by atoms with Crippen LogP contribution >= 0.6 is 0 Å². The number of amides is 1. The summed E-state index contributed by atoms with van der Waals surface area (Å²) in [6, 6.07) is 29.6. The molecule has 0 aliphatic carbocycles. The van der Waals surface area contributed by atoms with Gasteiger partial charge in [0, 0.05) is 11.3 Å². The van der Waals surface area contributed by atoms with Gasteiger partial charge in [0.15, 0.2) is 0 Å². The second-order valence-electron chi connectivity index (χ2n) is 5.71. The molecule has 3 aromatic rings. The van der Waals surface area contributed by atoms with Crippen LogP contribution in [0.1, 0.15) is 35.3 Å². The molecule has 0 bridgehead atoms. The first-order valence-electron chi connectivity index (χ1n) is 8.30. The van der Waals surface area contributed by atoms with E-state index in [2.05, 4.69) is 19.1 Å². The smallest absolute Gasteiger partial charge is 0.258 e. The van der Waals surface area contributed by atoms with Crippen LogP contribution in [0.25, 0.3) is 0 Å². The molecular weight excluding hydrogens is 294 g/mol. The second kappa shape index (κ2) is 7.60. The van der Waals surface area contributed by atoms with Gasteiger partial charge in [-0.25, -0.2) is 0 Å². The molecule has 3 rings (SSSR count). The fourth-order valence-electron chi connectivity index (χ4n) is 2.99. The van der Waals surface area contributed by atoms with E-state index in [1.54, 1.807) is 0 Å². The zero-order valence-corrected chi connectivity index (χ0v) is 13.8. The standard InChI is InChI=1S/C22H21NO/c1-2-21(18-12-6-3-7-13-18)23(20-16-10-5-11-17-20)22(24)19-14-8-4-9-15-19/h3-17,21H,2H2,1H3. The molecule has 3 aromatic carbocycles. The average molecular weight is 315 g/mol. The number of rotatable bonds is 5. The van der Waals surface area contributed by atoms with E-state index >= 15 is 0 Å². The molecule has 24 heavy (non-hydrogen) atoms. The van der Waals surface area contributed by atoms with Crippen LogP contribution in [-0.4, -0.2) is 5.91 Å². The van der Waals surface area contributed by atoms with E-state index in [1.807, 2.05) is 83.8 Å². The Morgan fingerprint density at radius 1 is 0.792 bits per heavy atom. The average Bonchev–Trinajstić information content (AvgIpc) is 2.67. The SMILES string of the molecule is CCC(c1ccccc1)N(C(=O)c1ccccc1)c1ccccc1. The van der Waals surface area contributed by atoms with Crippen molar-refractivity contribution in [1.82, 2.24) is 0 Å².